The second-order valence-electron chi connectivity index (χ2n) is 5.86. The van der Waals surface area contributed by atoms with Gasteiger partial charge in [-0.1, -0.05) is 30.3 Å². The summed E-state index contributed by atoms with van der Waals surface area (Å²) in [7, 11) is 0. The summed E-state index contributed by atoms with van der Waals surface area (Å²) in [6.45, 7) is -0.136. The van der Waals surface area contributed by atoms with E-state index in [2.05, 4.69) is 15.0 Å². The molecule has 0 radical (unpaired) electrons. The van der Waals surface area contributed by atoms with Gasteiger partial charge in [-0.3, -0.25) is 4.79 Å². The molecular formula is C20H20F2N2O3. The molecule has 2 aromatic carbocycles. The van der Waals surface area contributed by atoms with E-state index in [9.17, 15) is 13.6 Å². The van der Waals surface area contributed by atoms with E-state index in [1.54, 1.807) is 18.2 Å². The van der Waals surface area contributed by atoms with E-state index < -0.39 is 6.61 Å². The van der Waals surface area contributed by atoms with Crippen LogP contribution in [0.2, 0.25) is 0 Å². The third-order valence-corrected chi connectivity index (χ3v) is 4.06. The van der Waals surface area contributed by atoms with Gasteiger partial charge in [-0.15, -0.1) is 0 Å². The number of halogens is 2. The number of alkyl halides is 2. The molecule has 1 amide bonds. The van der Waals surface area contributed by atoms with Gasteiger partial charge in [-0.2, -0.15) is 8.78 Å². The van der Waals surface area contributed by atoms with Gasteiger partial charge in [0.2, 0.25) is 5.91 Å². The third-order valence-electron chi connectivity index (χ3n) is 4.06. The average Bonchev–Trinajstić information content (AvgIpc) is 2.68. The largest absolute Gasteiger partial charge is 0.434 e. The fourth-order valence-corrected chi connectivity index (χ4v) is 2.82. The number of anilines is 2. The summed E-state index contributed by atoms with van der Waals surface area (Å²) < 4.78 is 34.8. The molecule has 0 spiro atoms. The van der Waals surface area contributed by atoms with Crippen molar-refractivity contribution >= 4 is 23.4 Å². The lowest BCUT2D eigenvalue weighted by Gasteiger charge is -2.30. The number of hydrogen-bond acceptors (Lipinski definition) is 4. The second-order valence-corrected chi connectivity index (χ2v) is 5.86. The molecule has 0 aliphatic carbocycles. The van der Waals surface area contributed by atoms with Crippen molar-refractivity contribution in [1.29, 1.82) is 0 Å². The van der Waals surface area contributed by atoms with Crippen LogP contribution in [0.4, 0.5) is 20.2 Å². The molecule has 0 bridgehead atoms. The minimum atomic E-state index is -2.92. The highest BCUT2D eigenvalue weighted by atomic mass is 19.3. The summed E-state index contributed by atoms with van der Waals surface area (Å²) >= 11 is 0. The van der Waals surface area contributed by atoms with Crippen LogP contribution in [-0.2, 0) is 9.53 Å². The predicted octanol–water partition coefficient (Wildman–Crippen LogP) is 3.78. The Morgan fingerprint density at radius 3 is 2.59 bits per heavy atom. The van der Waals surface area contributed by atoms with E-state index in [-0.39, 0.29) is 11.7 Å². The van der Waals surface area contributed by atoms with Crippen molar-refractivity contribution in [2.75, 3.05) is 36.5 Å². The number of morpholine rings is 1. The Balaban J connectivity index is 1.71. The molecule has 142 valence electrons. The molecule has 0 unspecified atom stereocenters. The molecule has 1 heterocycles. The predicted molar refractivity (Wildman–Crippen MR) is 100 cm³/mol. The van der Waals surface area contributed by atoms with Crippen molar-refractivity contribution < 1.29 is 23.0 Å². The fraction of sp³-hybridized carbons (Fsp3) is 0.250. The van der Waals surface area contributed by atoms with Gasteiger partial charge in [0.1, 0.15) is 5.75 Å². The monoisotopic (exact) mass is 374 g/mol. The maximum absolute atomic E-state index is 12.5. The van der Waals surface area contributed by atoms with Crippen molar-refractivity contribution in [2.45, 2.75) is 6.61 Å². The van der Waals surface area contributed by atoms with Crippen LogP contribution in [0.3, 0.4) is 0 Å². The van der Waals surface area contributed by atoms with Crippen LogP contribution in [0.25, 0.3) is 6.08 Å². The molecule has 1 N–H and O–H groups in total. The molecule has 27 heavy (non-hydrogen) atoms. The summed E-state index contributed by atoms with van der Waals surface area (Å²) in [5.41, 5.74) is 2.00. The number of amides is 1. The molecule has 3 rings (SSSR count). The van der Waals surface area contributed by atoms with Gasteiger partial charge in [-0.25, -0.2) is 0 Å². The molecule has 0 atom stereocenters. The van der Waals surface area contributed by atoms with Crippen LogP contribution in [0.15, 0.2) is 54.6 Å². The van der Waals surface area contributed by atoms with Crippen molar-refractivity contribution in [3.8, 4) is 5.75 Å². The Morgan fingerprint density at radius 1 is 1.11 bits per heavy atom. The fourth-order valence-electron chi connectivity index (χ4n) is 2.82. The van der Waals surface area contributed by atoms with E-state index in [0.717, 1.165) is 18.8 Å². The molecule has 5 nitrogen and oxygen atoms in total. The van der Waals surface area contributed by atoms with Gasteiger partial charge in [0.25, 0.3) is 0 Å². The van der Waals surface area contributed by atoms with Crippen molar-refractivity contribution in [1.82, 2.24) is 0 Å². The molecule has 1 saturated heterocycles. The second kappa shape index (κ2) is 9.14. The summed E-state index contributed by atoms with van der Waals surface area (Å²) in [5.74, 6) is -0.340. The first-order valence-electron chi connectivity index (χ1n) is 8.58. The molecule has 1 aliphatic heterocycles. The zero-order valence-electron chi connectivity index (χ0n) is 14.6. The van der Waals surface area contributed by atoms with Crippen LogP contribution in [0.5, 0.6) is 5.75 Å². The number of ether oxygens (including phenoxy) is 2. The topological polar surface area (TPSA) is 50.8 Å². The lowest BCUT2D eigenvalue weighted by Crippen LogP contribution is -2.36. The number of hydrogen-bond donors (Lipinski definition) is 1. The lowest BCUT2D eigenvalue weighted by molar-refractivity contribution is -0.111. The number of para-hydroxylation sites is 3. The van der Waals surface area contributed by atoms with Gasteiger partial charge < -0.3 is 19.7 Å². The van der Waals surface area contributed by atoms with Gasteiger partial charge in [-0.05, 0) is 24.3 Å². The van der Waals surface area contributed by atoms with E-state index in [1.807, 2.05) is 24.3 Å². The van der Waals surface area contributed by atoms with Gasteiger partial charge in [0.05, 0.1) is 24.6 Å². The zero-order valence-corrected chi connectivity index (χ0v) is 14.6. The summed E-state index contributed by atoms with van der Waals surface area (Å²) in [6.07, 6.45) is 2.74. The average molecular weight is 374 g/mol. The molecule has 0 saturated carbocycles. The Morgan fingerprint density at radius 2 is 1.81 bits per heavy atom. The highest BCUT2D eigenvalue weighted by Crippen LogP contribution is 2.26. The first-order chi connectivity index (χ1) is 13.1. The summed E-state index contributed by atoms with van der Waals surface area (Å²) in [4.78, 5) is 14.5. The maximum Gasteiger partial charge on any atom is 0.387 e. The van der Waals surface area contributed by atoms with Gasteiger partial charge >= 0.3 is 6.61 Å². The number of nitrogens with one attached hydrogen (secondary N) is 1. The SMILES string of the molecule is O=C(/C=C/c1ccccc1OC(F)F)Nc1ccccc1N1CCOCC1. The summed E-state index contributed by atoms with van der Waals surface area (Å²) in [6, 6.07) is 13.8. The minimum Gasteiger partial charge on any atom is -0.434 e. The normalized spacial score (nSPS) is 14.6. The van der Waals surface area contributed by atoms with E-state index >= 15 is 0 Å². The highest BCUT2D eigenvalue weighted by Gasteiger charge is 2.15. The van der Waals surface area contributed by atoms with Crippen molar-refractivity contribution in [3.63, 3.8) is 0 Å². The van der Waals surface area contributed by atoms with Crippen LogP contribution < -0.4 is 15.0 Å². The Kier molecular flexibility index (Phi) is 6.38. The molecule has 0 aromatic heterocycles. The summed E-state index contributed by atoms with van der Waals surface area (Å²) in [5, 5.41) is 2.84. The number of rotatable bonds is 6. The van der Waals surface area contributed by atoms with Crippen LogP contribution in [0.1, 0.15) is 5.56 Å². The standard InChI is InChI=1S/C20H20F2N2O3/c21-20(22)27-18-8-4-1-5-15(18)9-10-19(25)23-16-6-2-3-7-17(16)24-11-13-26-14-12-24/h1-10,20H,11-14H2,(H,23,25)/b10-9+. The Labute approximate surface area is 156 Å². The van der Waals surface area contributed by atoms with Gasteiger partial charge in [0, 0.05) is 24.7 Å². The Bertz CT molecular complexity index is 805. The highest BCUT2D eigenvalue weighted by molar-refractivity contribution is 6.04. The van der Waals surface area contributed by atoms with E-state index in [0.29, 0.717) is 24.5 Å². The lowest BCUT2D eigenvalue weighted by atomic mass is 10.2. The number of carbonyl (C=O) groups is 1. The molecule has 2 aromatic rings. The zero-order chi connectivity index (χ0) is 19.1. The van der Waals surface area contributed by atoms with E-state index in [4.69, 9.17) is 4.74 Å². The van der Waals surface area contributed by atoms with Crippen LogP contribution >= 0.6 is 0 Å². The minimum absolute atomic E-state index is 0.0188. The van der Waals surface area contributed by atoms with Crippen molar-refractivity contribution in [2.24, 2.45) is 0 Å². The quantitative estimate of drug-likeness (QED) is 0.782. The molecule has 1 aliphatic rings. The maximum atomic E-state index is 12.5. The third kappa shape index (κ3) is 5.27. The Hall–Kier alpha value is -2.93. The first-order valence-corrected chi connectivity index (χ1v) is 8.58. The number of carbonyl (C=O) groups excluding carboxylic acids is 1. The number of benzene rings is 2. The van der Waals surface area contributed by atoms with Crippen LogP contribution in [0, 0.1) is 0 Å². The first kappa shape index (κ1) is 18.8. The molecule has 1 fully saturated rings. The smallest absolute Gasteiger partial charge is 0.387 e. The van der Waals surface area contributed by atoms with Crippen LogP contribution in [-0.4, -0.2) is 38.8 Å². The molecule has 7 heteroatoms. The number of nitrogens with zero attached hydrogens (tertiary/aromatic N) is 1. The molecular weight excluding hydrogens is 354 g/mol. The van der Waals surface area contributed by atoms with Gasteiger partial charge in [0.15, 0.2) is 0 Å². The van der Waals surface area contributed by atoms with E-state index in [1.165, 1.54) is 18.2 Å². The van der Waals surface area contributed by atoms with Crippen molar-refractivity contribution in [3.05, 3.63) is 60.2 Å².